The molecule has 10 heteroatoms. The van der Waals surface area contributed by atoms with Crippen LogP contribution in [0.1, 0.15) is 20.8 Å². The first-order valence-electron chi connectivity index (χ1n) is 9.96. The second-order valence-electron chi connectivity index (χ2n) is 7.41. The summed E-state index contributed by atoms with van der Waals surface area (Å²) in [6.45, 7) is 0. The van der Waals surface area contributed by atoms with Crippen molar-refractivity contribution < 1.29 is 18.4 Å². The molecule has 2 amide bonds. The van der Waals surface area contributed by atoms with Gasteiger partial charge in [-0.25, -0.2) is 18.4 Å². The topological polar surface area (TPSA) is 103 Å². The second-order valence-corrected chi connectivity index (χ2v) is 7.77. The molecule has 0 radical (unpaired) electrons. The van der Waals surface area contributed by atoms with E-state index >= 15 is 0 Å². The maximum Gasteiger partial charge on any atom is 0.269 e. The van der Waals surface area contributed by atoms with Gasteiger partial charge >= 0.3 is 0 Å². The Kier molecular flexibility index (Phi) is 5.18. The molecule has 2 aromatic heterocycles. The number of amides is 2. The molecule has 0 atom stereocenters. The summed E-state index contributed by atoms with van der Waals surface area (Å²) >= 11 is 6.02. The number of pyridine rings is 1. The first-order chi connectivity index (χ1) is 16.3. The van der Waals surface area contributed by atoms with Crippen molar-refractivity contribution in [2.75, 3.05) is 5.32 Å². The fraction of sp³-hybridized carbons (Fsp3) is 0. The molecule has 0 spiro atoms. The van der Waals surface area contributed by atoms with Crippen LogP contribution in [0.25, 0.3) is 27.4 Å². The normalized spacial score (nSPS) is 11.1. The van der Waals surface area contributed by atoms with E-state index in [1.807, 2.05) is 0 Å². The predicted octanol–water partition coefficient (Wildman–Crippen LogP) is 4.86. The van der Waals surface area contributed by atoms with E-state index in [1.54, 1.807) is 36.4 Å². The smallest absolute Gasteiger partial charge is 0.269 e. The van der Waals surface area contributed by atoms with Gasteiger partial charge < -0.3 is 11.1 Å². The zero-order chi connectivity index (χ0) is 24.0. The lowest BCUT2D eigenvalue weighted by molar-refractivity contribution is 0.0994. The van der Waals surface area contributed by atoms with Crippen LogP contribution in [-0.2, 0) is 0 Å². The van der Waals surface area contributed by atoms with E-state index in [0.29, 0.717) is 22.0 Å². The maximum absolute atomic E-state index is 14.7. The Hall–Kier alpha value is -4.37. The minimum Gasteiger partial charge on any atom is -0.364 e. The zero-order valence-corrected chi connectivity index (χ0v) is 18.0. The van der Waals surface area contributed by atoms with Crippen molar-refractivity contribution in [2.24, 2.45) is 5.73 Å². The molecular weight excluding hydrogens is 464 g/mol. The molecule has 3 aromatic carbocycles. The summed E-state index contributed by atoms with van der Waals surface area (Å²) in [6, 6.07) is 14.6. The van der Waals surface area contributed by atoms with E-state index in [1.165, 1.54) is 23.0 Å². The van der Waals surface area contributed by atoms with Gasteiger partial charge in [-0.3, -0.25) is 9.59 Å². The monoisotopic (exact) mass is 477 g/mol. The van der Waals surface area contributed by atoms with E-state index < -0.39 is 23.4 Å². The van der Waals surface area contributed by atoms with Gasteiger partial charge in [0.15, 0.2) is 11.5 Å². The quantitative estimate of drug-likeness (QED) is 0.361. The Labute approximate surface area is 195 Å². The van der Waals surface area contributed by atoms with Crippen molar-refractivity contribution >= 4 is 50.8 Å². The summed E-state index contributed by atoms with van der Waals surface area (Å²) in [6.07, 6.45) is 1.47. The van der Waals surface area contributed by atoms with Gasteiger partial charge in [0.25, 0.3) is 11.8 Å². The van der Waals surface area contributed by atoms with E-state index in [-0.39, 0.29) is 22.1 Å². The lowest BCUT2D eigenvalue weighted by atomic mass is 10.0. The van der Waals surface area contributed by atoms with Crippen molar-refractivity contribution in [3.63, 3.8) is 0 Å². The van der Waals surface area contributed by atoms with Crippen LogP contribution in [0.2, 0.25) is 5.15 Å². The van der Waals surface area contributed by atoms with Crippen molar-refractivity contribution in [1.82, 2.24) is 14.8 Å². The van der Waals surface area contributed by atoms with Crippen LogP contribution in [0.15, 0.2) is 66.9 Å². The van der Waals surface area contributed by atoms with Crippen molar-refractivity contribution in [1.29, 1.82) is 0 Å². The first-order valence-corrected chi connectivity index (χ1v) is 10.3. The number of halogens is 3. The van der Waals surface area contributed by atoms with Gasteiger partial charge in [-0.05, 0) is 47.9 Å². The average molecular weight is 478 g/mol. The van der Waals surface area contributed by atoms with Gasteiger partial charge in [-0.1, -0.05) is 23.7 Å². The highest BCUT2D eigenvalue weighted by Crippen LogP contribution is 2.32. The minimum absolute atomic E-state index is 0.0548. The van der Waals surface area contributed by atoms with Crippen LogP contribution >= 0.6 is 11.6 Å². The molecule has 0 aliphatic carbocycles. The lowest BCUT2D eigenvalue weighted by Gasteiger charge is -2.10. The number of nitrogens with zero attached hydrogens (tertiary/aromatic N) is 3. The summed E-state index contributed by atoms with van der Waals surface area (Å²) in [7, 11) is 0. The Bertz CT molecular complexity index is 1630. The SMILES string of the molecule is NC(=O)c1nn(-c2ccc(F)cc2F)c2c1ccc1ccc(NC(=O)c3cccnc3Cl)cc12. The van der Waals surface area contributed by atoms with Gasteiger partial charge in [-0.15, -0.1) is 0 Å². The largest absolute Gasteiger partial charge is 0.364 e. The molecule has 5 aromatic rings. The van der Waals surface area contributed by atoms with Crippen molar-refractivity contribution in [3.8, 4) is 5.69 Å². The summed E-state index contributed by atoms with van der Waals surface area (Å²) in [4.78, 5) is 28.6. The number of carbonyl (C=O) groups excluding carboxylic acids is 2. The Morgan fingerprint density at radius 1 is 1.00 bits per heavy atom. The number of nitrogens with two attached hydrogens (primary N) is 1. The number of hydrogen-bond donors (Lipinski definition) is 2. The number of benzene rings is 3. The van der Waals surface area contributed by atoms with E-state index in [9.17, 15) is 18.4 Å². The molecule has 0 fully saturated rings. The molecule has 0 bridgehead atoms. The van der Waals surface area contributed by atoms with Crippen LogP contribution in [-0.4, -0.2) is 26.6 Å². The van der Waals surface area contributed by atoms with Crippen molar-refractivity contribution in [2.45, 2.75) is 0 Å². The average Bonchev–Trinajstić information content (AvgIpc) is 3.19. The summed E-state index contributed by atoms with van der Waals surface area (Å²) in [5.41, 5.74) is 6.34. The number of nitrogens with one attached hydrogen (secondary N) is 1. The van der Waals surface area contributed by atoms with Gasteiger partial charge in [0.05, 0.1) is 11.1 Å². The molecule has 0 aliphatic rings. The van der Waals surface area contributed by atoms with Crippen LogP contribution in [0.4, 0.5) is 14.5 Å². The Morgan fingerprint density at radius 3 is 2.53 bits per heavy atom. The number of carbonyl (C=O) groups is 2. The van der Waals surface area contributed by atoms with Gasteiger partial charge in [0, 0.05) is 28.7 Å². The molecule has 0 saturated heterocycles. The third-order valence-electron chi connectivity index (χ3n) is 5.29. The van der Waals surface area contributed by atoms with Crippen LogP contribution < -0.4 is 11.1 Å². The molecule has 0 unspecified atom stereocenters. The molecule has 0 saturated carbocycles. The highest BCUT2D eigenvalue weighted by atomic mass is 35.5. The third-order valence-corrected chi connectivity index (χ3v) is 5.59. The fourth-order valence-electron chi connectivity index (χ4n) is 3.77. The molecular formula is C24H14ClF2N5O2. The Balaban J connectivity index is 1.72. The first kappa shape index (κ1) is 21.5. The van der Waals surface area contributed by atoms with E-state index in [0.717, 1.165) is 17.5 Å². The maximum atomic E-state index is 14.7. The van der Waals surface area contributed by atoms with Gasteiger partial charge in [-0.2, -0.15) is 5.10 Å². The zero-order valence-electron chi connectivity index (χ0n) is 17.2. The summed E-state index contributed by atoms with van der Waals surface area (Å²) < 4.78 is 29.4. The molecule has 3 N–H and O–H groups in total. The predicted molar refractivity (Wildman–Crippen MR) is 124 cm³/mol. The molecule has 168 valence electrons. The molecule has 34 heavy (non-hydrogen) atoms. The molecule has 5 rings (SSSR count). The van der Waals surface area contributed by atoms with Crippen LogP contribution in [0, 0.1) is 11.6 Å². The van der Waals surface area contributed by atoms with Crippen LogP contribution in [0.3, 0.4) is 0 Å². The standard InChI is InChI=1S/C24H14ClF2N5O2/c25-22-16(2-1-9-29-22)24(34)30-14-6-3-12-4-7-15-20(23(28)33)31-32(21(15)17(12)11-14)19-8-5-13(26)10-18(19)27/h1-11H,(H2,28,33)(H,30,34). The third kappa shape index (κ3) is 3.61. The summed E-state index contributed by atoms with van der Waals surface area (Å²) in [5, 5.41) is 8.68. The number of anilines is 1. The fourth-order valence-corrected chi connectivity index (χ4v) is 3.97. The second kappa shape index (κ2) is 8.20. The van der Waals surface area contributed by atoms with Crippen LogP contribution in [0.5, 0.6) is 0 Å². The van der Waals surface area contributed by atoms with Crippen molar-refractivity contribution in [3.05, 3.63) is 94.9 Å². The number of rotatable bonds is 4. The highest BCUT2D eigenvalue weighted by molar-refractivity contribution is 6.33. The molecule has 0 aliphatic heterocycles. The highest BCUT2D eigenvalue weighted by Gasteiger charge is 2.21. The van der Waals surface area contributed by atoms with E-state index in [2.05, 4.69) is 15.4 Å². The minimum atomic E-state index is -0.867. The summed E-state index contributed by atoms with van der Waals surface area (Å²) in [5.74, 6) is -2.90. The lowest BCUT2D eigenvalue weighted by Crippen LogP contribution is -2.12. The Morgan fingerprint density at radius 2 is 1.79 bits per heavy atom. The van der Waals surface area contributed by atoms with Gasteiger partial charge in [0.2, 0.25) is 0 Å². The number of hydrogen-bond acceptors (Lipinski definition) is 4. The number of aromatic nitrogens is 3. The number of fused-ring (bicyclic) bond motifs is 3. The number of primary amides is 1. The van der Waals surface area contributed by atoms with E-state index in [4.69, 9.17) is 17.3 Å². The molecule has 7 nitrogen and oxygen atoms in total. The molecule has 2 heterocycles. The van der Waals surface area contributed by atoms with Gasteiger partial charge in [0.1, 0.15) is 16.7 Å².